The van der Waals surface area contributed by atoms with Gasteiger partial charge in [0, 0.05) is 5.69 Å². The summed E-state index contributed by atoms with van der Waals surface area (Å²) in [7, 11) is 0. The van der Waals surface area contributed by atoms with Crippen molar-refractivity contribution in [2.75, 3.05) is 17.2 Å². The number of nitrogens with zero attached hydrogens (tertiary/aromatic N) is 1. The van der Waals surface area contributed by atoms with E-state index in [0.717, 1.165) is 17.1 Å². The van der Waals surface area contributed by atoms with Gasteiger partial charge in [-0.3, -0.25) is 4.79 Å². The van der Waals surface area contributed by atoms with E-state index < -0.39 is 0 Å². The fourth-order valence-electron chi connectivity index (χ4n) is 2.64. The summed E-state index contributed by atoms with van der Waals surface area (Å²) in [5.41, 5.74) is 3.17. The van der Waals surface area contributed by atoms with Crippen molar-refractivity contribution in [3.63, 3.8) is 0 Å². The molecule has 1 amide bonds. The van der Waals surface area contributed by atoms with Gasteiger partial charge < -0.3 is 15.4 Å². The molecule has 5 heteroatoms. The van der Waals surface area contributed by atoms with E-state index in [1.54, 1.807) is 12.3 Å². The third-order valence-corrected chi connectivity index (χ3v) is 4.24. The van der Waals surface area contributed by atoms with E-state index in [0.29, 0.717) is 18.3 Å². The van der Waals surface area contributed by atoms with Crippen molar-refractivity contribution >= 4 is 23.1 Å². The maximum Gasteiger partial charge on any atom is 0.228 e. The number of benzene rings is 2. The van der Waals surface area contributed by atoms with E-state index in [1.807, 2.05) is 36.4 Å². The summed E-state index contributed by atoms with van der Waals surface area (Å²) in [4.78, 5) is 16.3. The van der Waals surface area contributed by atoms with Gasteiger partial charge in [-0.2, -0.15) is 0 Å². The van der Waals surface area contributed by atoms with Crippen LogP contribution in [0.3, 0.4) is 0 Å². The van der Waals surface area contributed by atoms with Gasteiger partial charge >= 0.3 is 0 Å². The molecule has 0 saturated carbocycles. The van der Waals surface area contributed by atoms with Crippen LogP contribution >= 0.6 is 0 Å². The highest BCUT2D eigenvalue weighted by atomic mass is 16.5. The first-order valence-corrected chi connectivity index (χ1v) is 9.41. The molecule has 2 aromatic carbocycles. The number of rotatable bonds is 8. The van der Waals surface area contributed by atoms with Crippen LogP contribution in [-0.4, -0.2) is 17.5 Å². The first-order valence-electron chi connectivity index (χ1n) is 9.41. The molecule has 2 N–H and O–H groups in total. The van der Waals surface area contributed by atoms with Gasteiger partial charge in [0.05, 0.1) is 24.9 Å². The zero-order valence-electron chi connectivity index (χ0n) is 16.2. The minimum Gasteiger partial charge on any atom is -0.493 e. The van der Waals surface area contributed by atoms with Gasteiger partial charge in [0.15, 0.2) is 0 Å². The molecule has 0 atom stereocenters. The molecule has 144 valence electrons. The Kier molecular flexibility index (Phi) is 6.63. The first kappa shape index (κ1) is 19.4. The second-order valence-electron chi connectivity index (χ2n) is 6.79. The molecule has 3 rings (SSSR count). The molecule has 1 aromatic heterocycles. The topological polar surface area (TPSA) is 63.2 Å². The molecular formula is C23H25N3O2. The molecule has 0 spiro atoms. The standard InChI is InChI=1S/C23H25N3O2/c1-17(2)18-8-10-19(11-9-18)25-20-12-13-22(24-16-20)26-23(27)14-15-28-21-6-4-3-5-7-21/h3-13,16-17,25H,14-15H2,1-2H3,(H,24,26,27). The number of para-hydroxylation sites is 1. The SMILES string of the molecule is CC(C)c1ccc(Nc2ccc(NC(=O)CCOc3ccccc3)nc2)cc1. The second-order valence-corrected chi connectivity index (χ2v) is 6.79. The molecular weight excluding hydrogens is 350 g/mol. The molecule has 0 fully saturated rings. The molecule has 3 aromatic rings. The van der Waals surface area contributed by atoms with Gasteiger partial charge in [-0.15, -0.1) is 0 Å². The van der Waals surface area contributed by atoms with Gasteiger partial charge in [0.1, 0.15) is 11.6 Å². The van der Waals surface area contributed by atoms with Crippen molar-refractivity contribution in [2.45, 2.75) is 26.2 Å². The van der Waals surface area contributed by atoms with E-state index in [2.05, 4.69) is 53.7 Å². The Bertz CT molecular complexity index is 876. The lowest BCUT2D eigenvalue weighted by Gasteiger charge is -2.10. The molecule has 0 saturated heterocycles. The average molecular weight is 375 g/mol. The van der Waals surface area contributed by atoms with Crippen molar-refractivity contribution in [1.82, 2.24) is 4.98 Å². The lowest BCUT2D eigenvalue weighted by atomic mass is 10.0. The third kappa shape index (κ3) is 5.84. The summed E-state index contributed by atoms with van der Waals surface area (Å²) in [6, 6.07) is 21.4. The average Bonchev–Trinajstić information content (AvgIpc) is 2.71. The molecule has 0 aliphatic carbocycles. The molecule has 0 aliphatic rings. The van der Waals surface area contributed by atoms with Gasteiger partial charge in [0.2, 0.25) is 5.91 Å². The smallest absolute Gasteiger partial charge is 0.228 e. The minimum atomic E-state index is -0.131. The summed E-state index contributed by atoms with van der Waals surface area (Å²) in [5.74, 6) is 1.65. The fourth-order valence-corrected chi connectivity index (χ4v) is 2.64. The maximum atomic E-state index is 12.0. The van der Waals surface area contributed by atoms with E-state index in [4.69, 9.17) is 4.74 Å². The molecule has 1 heterocycles. The van der Waals surface area contributed by atoms with Crippen molar-refractivity contribution in [2.24, 2.45) is 0 Å². The lowest BCUT2D eigenvalue weighted by Crippen LogP contribution is -2.15. The summed E-state index contributed by atoms with van der Waals surface area (Å²) < 4.78 is 5.53. The number of ether oxygens (including phenoxy) is 1. The van der Waals surface area contributed by atoms with Crippen molar-refractivity contribution < 1.29 is 9.53 Å². The quantitative estimate of drug-likeness (QED) is 0.557. The van der Waals surface area contributed by atoms with Crippen LogP contribution in [0.4, 0.5) is 17.2 Å². The van der Waals surface area contributed by atoms with Crippen LogP contribution in [0.1, 0.15) is 31.7 Å². The Morgan fingerprint density at radius 1 is 0.964 bits per heavy atom. The number of anilines is 3. The molecule has 0 radical (unpaired) electrons. The molecule has 0 aliphatic heterocycles. The minimum absolute atomic E-state index is 0.131. The second kappa shape index (κ2) is 9.55. The Morgan fingerprint density at radius 3 is 2.32 bits per heavy atom. The molecule has 28 heavy (non-hydrogen) atoms. The number of carbonyl (C=O) groups excluding carboxylic acids is 1. The van der Waals surface area contributed by atoms with E-state index in [-0.39, 0.29) is 12.3 Å². The highest BCUT2D eigenvalue weighted by Gasteiger charge is 2.05. The summed E-state index contributed by atoms with van der Waals surface area (Å²) >= 11 is 0. The predicted octanol–water partition coefficient (Wildman–Crippen LogP) is 5.36. The summed E-state index contributed by atoms with van der Waals surface area (Å²) in [6.45, 7) is 4.67. The van der Waals surface area contributed by atoms with Crippen molar-refractivity contribution in [3.05, 3.63) is 78.5 Å². The van der Waals surface area contributed by atoms with Crippen LogP contribution in [0, 0.1) is 0 Å². The van der Waals surface area contributed by atoms with Crippen LogP contribution in [0.25, 0.3) is 0 Å². The monoisotopic (exact) mass is 375 g/mol. The Morgan fingerprint density at radius 2 is 1.68 bits per heavy atom. The Hall–Kier alpha value is -3.34. The number of pyridine rings is 1. The molecule has 0 bridgehead atoms. The maximum absolute atomic E-state index is 12.0. The number of carbonyl (C=O) groups is 1. The Labute approximate surface area is 165 Å². The molecule has 5 nitrogen and oxygen atoms in total. The lowest BCUT2D eigenvalue weighted by molar-refractivity contribution is -0.116. The predicted molar refractivity (Wildman–Crippen MR) is 113 cm³/mol. The zero-order chi connectivity index (χ0) is 19.8. The van der Waals surface area contributed by atoms with E-state index in [9.17, 15) is 4.79 Å². The normalized spacial score (nSPS) is 10.5. The highest BCUT2D eigenvalue weighted by Crippen LogP contribution is 2.21. The van der Waals surface area contributed by atoms with Crippen molar-refractivity contribution in [3.8, 4) is 5.75 Å². The summed E-state index contributed by atoms with van der Waals surface area (Å²) in [6.07, 6.45) is 1.96. The third-order valence-electron chi connectivity index (χ3n) is 4.24. The Balaban J connectivity index is 1.46. The fraction of sp³-hybridized carbons (Fsp3) is 0.217. The van der Waals surface area contributed by atoms with Crippen LogP contribution in [0.15, 0.2) is 72.9 Å². The van der Waals surface area contributed by atoms with E-state index in [1.165, 1.54) is 5.56 Å². The van der Waals surface area contributed by atoms with Crippen LogP contribution in [0.2, 0.25) is 0 Å². The zero-order valence-corrected chi connectivity index (χ0v) is 16.2. The van der Waals surface area contributed by atoms with E-state index >= 15 is 0 Å². The van der Waals surface area contributed by atoms with Crippen LogP contribution < -0.4 is 15.4 Å². The van der Waals surface area contributed by atoms with Gasteiger partial charge in [-0.25, -0.2) is 4.98 Å². The van der Waals surface area contributed by atoms with Crippen LogP contribution in [0.5, 0.6) is 5.75 Å². The van der Waals surface area contributed by atoms with Gasteiger partial charge in [-0.05, 0) is 47.9 Å². The number of aromatic nitrogens is 1. The number of hydrogen-bond donors (Lipinski definition) is 2. The largest absolute Gasteiger partial charge is 0.493 e. The summed E-state index contributed by atoms with van der Waals surface area (Å²) in [5, 5.41) is 6.09. The highest BCUT2D eigenvalue weighted by molar-refractivity contribution is 5.89. The van der Waals surface area contributed by atoms with Gasteiger partial charge in [0.25, 0.3) is 0 Å². The molecule has 0 unspecified atom stereocenters. The number of amides is 1. The number of nitrogens with one attached hydrogen (secondary N) is 2. The van der Waals surface area contributed by atoms with Gasteiger partial charge in [-0.1, -0.05) is 44.2 Å². The van der Waals surface area contributed by atoms with Crippen LogP contribution in [-0.2, 0) is 4.79 Å². The van der Waals surface area contributed by atoms with Crippen molar-refractivity contribution in [1.29, 1.82) is 0 Å². The number of hydrogen-bond acceptors (Lipinski definition) is 4. The first-order chi connectivity index (χ1) is 13.6.